The summed E-state index contributed by atoms with van der Waals surface area (Å²) in [5.41, 5.74) is 1.96. The van der Waals surface area contributed by atoms with Gasteiger partial charge in [-0.3, -0.25) is 0 Å². The van der Waals surface area contributed by atoms with Crippen LogP contribution in [0, 0.1) is 5.92 Å². The van der Waals surface area contributed by atoms with Gasteiger partial charge in [0.2, 0.25) is 0 Å². The van der Waals surface area contributed by atoms with Crippen molar-refractivity contribution in [3.8, 4) is 5.69 Å². The summed E-state index contributed by atoms with van der Waals surface area (Å²) in [4.78, 5) is 4.10. The standard InChI is InChI=1S/C15H18ClN3O/c1-20-9-14(11-5-6-11)18-13-4-2-3-12(16)15(13)19-8-7-17-10-19/h2-4,7-8,10-11,14,18H,5-6,9H2,1H3. The first-order valence-electron chi connectivity index (χ1n) is 6.82. The Morgan fingerprint density at radius 3 is 3.00 bits per heavy atom. The van der Waals surface area contributed by atoms with E-state index in [1.54, 1.807) is 19.6 Å². The molecule has 0 amide bonds. The van der Waals surface area contributed by atoms with E-state index in [1.807, 2.05) is 29.0 Å². The topological polar surface area (TPSA) is 39.1 Å². The molecule has 1 fully saturated rings. The van der Waals surface area contributed by atoms with Crippen LogP contribution in [0.25, 0.3) is 5.69 Å². The maximum atomic E-state index is 6.36. The lowest BCUT2D eigenvalue weighted by Crippen LogP contribution is -2.27. The fraction of sp³-hybridized carbons (Fsp3) is 0.400. The van der Waals surface area contributed by atoms with Crippen molar-refractivity contribution in [3.05, 3.63) is 41.9 Å². The Hall–Kier alpha value is -1.52. The Labute approximate surface area is 123 Å². The molecule has 20 heavy (non-hydrogen) atoms. The van der Waals surface area contributed by atoms with Gasteiger partial charge < -0.3 is 14.6 Å². The van der Waals surface area contributed by atoms with Gasteiger partial charge in [0.15, 0.2) is 0 Å². The minimum Gasteiger partial charge on any atom is -0.383 e. The fourth-order valence-corrected chi connectivity index (χ4v) is 2.73. The summed E-state index contributed by atoms with van der Waals surface area (Å²) < 4.78 is 7.26. The van der Waals surface area contributed by atoms with Crippen molar-refractivity contribution in [2.45, 2.75) is 18.9 Å². The average molecular weight is 292 g/mol. The molecule has 0 spiro atoms. The molecule has 5 heteroatoms. The third-order valence-corrected chi connectivity index (χ3v) is 3.93. The normalized spacial score (nSPS) is 16.1. The van der Waals surface area contributed by atoms with E-state index < -0.39 is 0 Å². The summed E-state index contributed by atoms with van der Waals surface area (Å²) >= 11 is 6.36. The first kappa shape index (κ1) is 13.5. The second kappa shape index (κ2) is 5.85. The number of methoxy groups -OCH3 is 1. The predicted octanol–water partition coefficient (Wildman–Crippen LogP) is 3.36. The number of anilines is 1. The van der Waals surface area contributed by atoms with Crippen LogP contribution in [0.3, 0.4) is 0 Å². The number of nitrogens with one attached hydrogen (secondary N) is 1. The zero-order chi connectivity index (χ0) is 13.9. The van der Waals surface area contributed by atoms with Crippen LogP contribution in [0.2, 0.25) is 5.02 Å². The highest BCUT2D eigenvalue weighted by Gasteiger charge is 2.31. The number of rotatable bonds is 6. The molecule has 0 bridgehead atoms. The number of imidazole rings is 1. The largest absolute Gasteiger partial charge is 0.383 e. The molecule has 1 heterocycles. The lowest BCUT2D eigenvalue weighted by molar-refractivity contribution is 0.179. The van der Waals surface area contributed by atoms with Gasteiger partial charge in [0.25, 0.3) is 0 Å². The summed E-state index contributed by atoms with van der Waals surface area (Å²) in [6, 6.07) is 6.24. The van der Waals surface area contributed by atoms with Crippen LogP contribution in [0.1, 0.15) is 12.8 Å². The Balaban J connectivity index is 1.90. The number of nitrogens with zero attached hydrogens (tertiary/aromatic N) is 2. The number of para-hydroxylation sites is 1. The van der Waals surface area contributed by atoms with E-state index in [0.29, 0.717) is 23.6 Å². The lowest BCUT2D eigenvalue weighted by atomic mass is 10.1. The van der Waals surface area contributed by atoms with Crippen LogP contribution >= 0.6 is 11.6 Å². The van der Waals surface area contributed by atoms with Crippen molar-refractivity contribution in [2.24, 2.45) is 5.92 Å². The molecule has 1 aliphatic rings. The number of ether oxygens (including phenoxy) is 1. The van der Waals surface area contributed by atoms with E-state index in [4.69, 9.17) is 16.3 Å². The van der Waals surface area contributed by atoms with Gasteiger partial charge in [-0.25, -0.2) is 4.98 Å². The molecule has 0 radical (unpaired) electrons. The molecule has 1 N–H and O–H groups in total. The zero-order valence-electron chi connectivity index (χ0n) is 11.4. The third-order valence-electron chi connectivity index (χ3n) is 3.63. The number of halogens is 1. The van der Waals surface area contributed by atoms with Gasteiger partial charge in [0.1, 0.15) is 0 Å². The Bertz CT molecular complexity index is 567. The van der Waals surface area contributed by atoms with Crippen molar-refractivity contribution in [1.29, 1.82) is 0 Å². The van der Waals surface area contributed by atoms with E-state index in [-0.39, 0.29) is 0 Å². The number of hydrogen-bond donors (Lipinski definition) is 1. The Morgan fingerprint density at radius 2 is 2.35 bits per heavy atom. The summed E-state index contributed by atoms with van der Waals surface area (Å²) in [7, 11) is 1.74. The molecule has 2 aromatic rings. The molecule has 1 aromatic carbocycles. The molecule has 1 aliphatic carbocycles. The maximum Gasteiger partial charge on any atom is 0.0992 e. The molecular formula is C15H18ClN3O. The van der Waals surface area contributed by atoms with E-state index in [1.165, 1.54) is 12.8 Å². The first-order valence-corrected chi connectivity index (χ1v) is 7.19. The van der Waals surface area contributed by atoms with Gasteiger partial charge in [-0.05, 0) is 30.9 Å². The minimum absolute atomic E-state index is 0.334. The highest BCUT2D eigenvalue weighted by atomic mass is 35.5. The molecule has 1 saturated carbocycles. The van der Waals surface area contributed by atoms with Crippen LogP contribution in [-0.4, -0.2) is 29.3 Å². The van der Waals surface area contributed by atoms with Crippen LogP contribution in [0.15, 0.2) is 36.9 Å². The van der Waals surface area contributed by atoms with Crippen LogP contribution < -0.4 is 5.32 Å². The quantitative estimate of drug-likeness (QED) is 0.887. The van der Waals surface area contributed by atoms with E-state index in [0.717, 1.165) is 11.4 Å². The Kier molecular flexibility index (Phi) is 3.94. The monoisotopic (exact) mass is 291 g/mol. The van der Waals surface area contributed by atoms with Gasteiger partial charge in [-0.2, -0.15) is 0 Å². The SMILES string of the molecule is COCC(Nc1cccc(Cl)c1-n1ccnc1)C1CC1. The molecule has 4 nitrogen and oxygen atoms in total. The minimum atomic E-state index is 0.334. The molecular weight excluding hydrogens is 274 g/mol. The summed E-state index contributed by atoms with van der Waals surface area (Å²) in [6.07, 6.45) is 7.94. The fourth-order valence-electron chi connectivity index (χ4n) is 2.46. The highest BCUT2D eigenvalue weighted by molar-refractivity contribution is 6.33. The zero-order valence-corrected chi connectivity index (χ0v) is 12.2. The van der Waals surface area contributed by atoms with E-state index in [9.17, 15) is 0 Å². The van der Waals surface area contributed by atoms with Crippen molar-refractivity contribution >= 4 is 17.3 Å². The number of hydrogen-bond acceptors (Lipinski definition) is 3. The molecule has 3 rings (SSSR count). The molecule has 1 unspecified atom stereocenters. The van der Waals surface area contributed by atoms with Gasteiger partial charge >= 0.3 is 0 Å². The van der Waals surface area contributed by atoms with Crippen LogP contribution in [0.4, 0.5) is 5.69 Å². The first-order chi connectivity index (χ1) is 9.79. The number of aromatic nitrogens is 2. The summed E-state index contributed by atoms with van der Waals surface area (Å²) in [5, 5.41) is 4.29. The van der Waals surface area contributed by atoms with Crippen LogP contribution in [0.5, 0.6) is 0 Å². The summed E-state index contributed by atoms with van der Waals surface area (Å²) in [5.74, 6) is 0.699. The van der Waals surface area contributed by atoms with Crippen molar-refractivity contribution in [3.63, 3.8) is 0 Å². The number of benzene rings is 1. The molecule has 0 saturated heterocycles. The third kappa shape index (κ3) is 2.81. The molecule has 106 valence electrons. The second-order valence-electron chi connectivity index (χ2n) is 5.15. The lowest BCUT2D eigenvalue weighted by Gasteiger charge is -2.21. The second-order valence-corrected chi connectivity index (χ2v) is 5.56. The van der Waals surface area contributed by atoms with Crippen molar-refractivity contribution < 1.29 is 4.74 Å². The van der Waals surface area contributed by atoms with E-state index in [2.05, 4.69) is 10.3 Å². The highest BCUT2D eigenvalue weighted by Crippen LogP contribution is 2.36. The van der Waals surface area contributed by atoms with Gasteiger partial charge in [0, 0.05) is 19.5 Å². The smallest absolute Gasteiger partial charge is 0.0992 e. The molecule has 0 aliphatic heterocycles. The van der Waals surface area contributed by atoms with Crippen LogP contribution in [-0.2, 0) is 4.74 Å². The van der Waals surface area contributed by atoms with Gasteiger partial charge in [0.05, 0.1) is 35.4 Å². The average Bonchev–Trinajstić information content (AvgIpc) is 3.15. The Morgan fingerprint density at radius 1 is 1.50 bits per heavy atom. The summed E-state index contributed by atoms with van der Waals surface area (Å²) in [6.45, 7) is 0.709. The van der Waals surface area contributed by atoms with Gasteiger partial charge in [-0.15, -0.1) is 0 Å². The van der Waals surface area contributed by atoms with Crippen molar-refractivity contribution in [1.82, 2.24) is 9.55 Å². The van der Waals surface area contributed by atoms with Crippen molar-refractivity contribution in [2.75, 3.05) is 19.0 Å². The van der Waals surface area contributed by atoms with E-state index >= 15 is 0 Å². The predicted molar refractivity (Wildman–Crippen MR) is 80.6 cm³/mol. The molecule has 1 aromatic heterocycles. The maximum absolute atomic E-state index is 6.36. The van der Waals surface area contributed by atoms with Gasteiger partial charge in [-0.1, -0.05) is 17.7 Å². The molecule has 1 atom stereocenters.